The van der Waals surface area contributed by atoms with Crippen LogP contribution in [-0.4, -0.2) is 18.1 Å². The van der Waals surface area contributed by atoms with Crippen molar-refractivity contribution in [2.75, 3.05) is 7.11 Å². The normalized spacial score (nSPS) is 31.1. The lowest BCUT2D eigenvalue weighted by Gasteiger charge is -2.11. The molecular weight excluding hydrogens is 254 g/mol. The number of benzene rings is 1. The molecule has 0 N–H and O–H groups in total. The molecule has 0 amide bonds. The molecule has 2 atom stereocenters. The van der Waals surface area contributed by atoms with Gasteiger partial charge in [-0.15, -0.1) is 0 Å². The molecular formula is C11H9ClF2O3. The van der Waals surface area contributed by atoms with Crippen LogP contribution in [0.2, 0.25) is 0 Å². The number of epoxide rings is 1. The quantitative estimate of drug-likeness (QED) is 0.466. The minimum atomic E-state index is -1.87. The summed E-state index contributed by atoms with van der Waals surface area (Å²) in [5.41, 5.74) is -1.93. The van der Waals surface area contributed by atoms with Gasteiger partial charge in [0, 0.05) is 0 Å². The van der Waals surface area contributed by atoms with Crippen LogP contribution < -0.4 is 0 Å². The van der Waals surface area contributed by atoms with Gasteiger partial charge in [0.2, 0.25) is 0 Å². The van der Waals surface area contributed by atoms with Gasteiger partial charge in [0.15, 0.2) is 5.60 Å². The van der Waals surface area contributed by atoms with Crippen LogP contribution in [0.3, 0.4) is 0 Å². The molecule has 1 aromatic rings. The second-order valence-electron chi connectivity index (χ2n) is 3.82. The van der Waals surface area contributed by atoms with Gasteiger partial charge in [-0.25, -0.2) is 13.6 Å². The Hall–Kier alpha value is -1.20. The minimum Gasteiger partial charge on any atom is -0.466 e. The standard InChI is InChI=1S/C11H9ClF2O3/c1-10(11(12,17-10)9(15)16-2)8-6(13)4-3-5-7(8)14/h3-5H,1-2H3. The SMILES string of the molecule is COC(=O)C1(Cl)OC1(C)c1c(F)cccc1F. The van der Waals surface area contributed by atoms with Crippen molar-refractivity contribution in [3.8, 4) is 0 Å². The molecule has 1 aliphatic heterocycles. The summed E-state index contributed by atoms with van der Waals surface area (Å²) in [6.07, 6.45) is 0. The van der Waals surface area contributed by atoms with Crippen LogP contribution in [-0.2, 0) is 19.9 Å². The van der Waals surface area contributed by atoms with E-state index in [-0.39, 0.29) is 5.56 Å². The first-order valence-corrected chi connectivity index (χ1v) is 5.16. The van der Waals surface area contributed by atoms with Crippen LogP contribution in [0.25, 0.3) is 0 Å². The lowest BCUT2D eigenvalue weighted by atomic mass is 9.96. The van der Waals surface area contributed by atoms with Crippen LogP contribution >= 0.6 is 11.6 Å². The second kappa shape index (κ2) is 3.65. The molecule has 0 spiro atoms. The monoisotopic (exact) mass is 262 g/mol. The van der Waals surface area contributed by atoms with Crippen molar-refractivity contribution in [3.05, 3.63) is 35.4 Å². The number of hydrogen-bond donors (Lipinski definition) is 0. The van der Waals surface area contributed by atoms with E-state index in [1.165, 1.54) is 13.0 Å². The molecule has 92 valence electrons. The zero-order valence-corrected chi connectivity index (χ0v) is 9.85. The predicted molar refractivity (Wildman–Crippen MR) is 55.4 cm³/mol. The Morgan fingerprint density at radius 3 is 2.41 bits per heavy atom. The maximum atomic E-state index is 13.6. The zero-order chi connectivity index (χ0) is 12.8. The van der Waals surface area contributed by atoms with Crippen LogP contribution in [0.5, 0.6) is 0 Å². The van der Waals surface area contributed by atoms with Crippen molar-refractivity contribution in [2.24, 2.45) is 0 Å². The number of methoxy groups -OCH3 is 1. The summed E-state index contributed by atoms with van der Waals surface area (Å²) in [6.45, 7) is 1.33. The number of halogens is 3. The van der Waals surface area contributed by atoms with Crippen molar-refractivity contribution in [1.82, 2.24) is 0 Å². The van der Waals surface area contributed by atoms with Crippen molar-refractivity contribution < 1.29 is 23.0 Å². The van der Waals surface area contributed by atoms with Crippen molar-refractivity contribution in [2.45, 2.75) is 17.6 Å². The Labute approximate surface area is 101 Å². The first-order chi connectivity index (χ1) is 7.87. The molecule has 1 aliphatic rings. The molecule has 3 nitrogen and oxygen atoms in total. The van der Waals surface area contributed by atoms with Crippen LogP contribution in [0.1, 0.15) is 12.5 Å². The molecule has 1 fully saturated rings. The Balaban J connectivity index is 2.47. The topological polar surface area (TPSA) is 38.8 Å². The van der Waals surface area contributed by atoms with E-state index < -0.39 is 28.3 Å². The summed E-state index contributed by atoms with van der Waals surface area (Å²) in [6, 6.07) is 3.35. The number of hydrogen-bond acceptors (Lipinski definition) is 3. The van der Waals surface area contributed by atoms with E-state index in [9.17, 15) is 13.6 Å². The Kier molecular flexibility index (Phi) is 2.63. The fourth-order valence-corrected chi connectivity index (χ4v) is 2.11. The summed E-state index contributed by atoms with van der Waals surface area (Å²) >= 11 is 5.85. The van der Waals surface area contributed by atoms with Crippen LogP contribution in [0.15, 0.2) is 18.2 Å². The van der Waals surface area contributed by atoms with Crippen LogP contribution in [0.4, 0.5) is 8.78 Å². The smallest absolute Gasteiger partial charge is 0.357 e. The largest absolute Gasteiger partial charge is 0.466 e. The highest BCUT2D eigenvalue weighted by atomic mass is 35.5. The maximum absolute atomic E-state index is 13.6. The summed E-state index contributed by atoms with van der Waals surface area (Å²) < 4.78 is 36.6. The van der Waals surface area contributed by atoms with Gasteiger partial charge in [-0.1, -0.05) is 17.7 Å². The lowest BCUT2D eigenvalue weighted by molar-refractivity contribution is -0.143. The van der Waals surface area contributed by atoms with Crippen LogP contribution in [0, 0.1) is 11.6 Å². The number of carbonyl (C=O) groups excluding carboxylic acids is 1. The van der Waals surface area contributed by atoms with E-state index in [0.717, 1.165) is 19.2 Å². The van der Waals surface area contributed by atoms with Gasteiger partial charge >= 0.3 is 5.97 Å². The van der Waals surface area contributed by atoms with Gasteiger partial charge in [-0.05, 0) is 19.1 Å². The molecule has 1 heterocycles. The molecule has 0 saturated carbocycles. The van der Waals surface area contributed by atoms with E-state index in [2.05, 4.69) is 4.74 Å². The molecule has 0 aliphatic carbocycles. The van der Waals surface area contributed by atoms with Gasteiger partial charge < -0.3 is 9.47 Å². The molecule has 1 saturated heterocycles. The third kappa shape index (κ3) is 1.53. The Bertz CT molecular complexity index is 473. The number of esters is 1. The molecule has 1 aromatic carbocycles. The van der Waals surface area contributed by atoms with Gasteiger partial charge in [-0.2, -0.15) is 0 Å². The van der Waals surface area contributed by atoms with Crippen molar-refractivity contribution in [1.29, 1.82) is 0 Å². The number of alkyl halides is 1. The fraction of sp³-hybridized carbons (Fsp3) is 0.364. The average molecular weight is 263 g/mol. The average Bonchev–Trinajstić information content (AvgIpc) is 2.82. The highest BCUT2D eigenvalue weighted by Crippen LogP contribution is 2.59. The number of rotatable bonds is 2. The fourth-order valence-electron chi connectivity index (χ4n) is 1.79. The Morgan fingerprint density at radius 1 is 1.41 bits per heavy atom. The van der Waals surface area contributed by atoms with E-state index in [1.807, 2.05) is 0 Å². The summed E-state index contributed by atoms with van der Waals surface area (Å²) in [7, 11) is 1.12. The maximum Gasteiger partial charge on any atom is 0.357 e. The molecule has 2 rings (SSSR count). The summed E-state index contributed by atoms with van der Waals surface area (Å²) in [4.78, 5) is 11.4. The molecule has 6 heteroatoms. The van der Waals surface area contributed by atoms with E-state index in [4.69, 9.17) is 16.3 Å². The first kappa shape index (κ1) is 12.3. The predicted octanol–water partition coefficient (Wildman–Crippen LogP) is 2.32. The van der Waals surface area contributed by atoms with Gasteiger partial charge in [0.1, 0.15) is 11.6 Å². The van der Waals surface area contributed by atoms with E-state index in [0.29, 0.717) is 0 Å². The zero-order valence-electron chi connectivity index (χ0n) is 9.09. The highest BCUT2D eigenvalue weighted by Gasteiger charge is 2.75. The molecule has 2 unspecified atom stereocenters. The third-order valence-electron chi connectivity index (χ3n) is 2.80. The second-order valence-corrected chi connectivity index (χ2v) is 4.35. The minimum absolute atomic E-state index is 0.375. The summed E-state index contributed by atoms with van der Waals surface area (Å²) in [5.74, 6) is -2.53. The number of carbonyl (C=O) groups is 1. The van der Waals surface area contributed by atoms with Crippen molar-refractivity contribution in [3.63, 3.8) is 0 Å². The number of ether oxygens (including phenoxy) is 2. The van der Waals surface area contributed by atoms with Gasteiger partial charge in [0.25, 0.3) is 5.06 Å². The molecule has 0 bridgehead atoms. The molecule has 17 heavy (non-hydrogen) atoms. The molecule has 0 aromatic heterocycles. The van der Waals surface area contributed by atoms with Gasteiger partial charge in [-0.3, -0.25) is 0 Å². The molecule has 0 radical (unpaired) electrons. The van der Waals surface area contributed by atoms with E-state index in [1.54, 1.807) is 0 Å². The Morgan fingerprint density at radius 2 is 1.94 bits per heavy atom. The lowest BCUT2D eigenvalue weighted by Crippen LogP contribution is -2.28. The van der Waals surface area contributed by atoms with E-state index >= 15 is 0 Å². The third-order valence-corrected chi connectivity index (χ3v) is 3.40. The first-order valence-electron chi connectivity index (χ1n) is 4.79. The highest BCUT2D eigenvalue weighted by molar-refractivity contribution is 6.35. The van der Waals surface area contributed by atoms with Gasteiger partial charge in [0.05, 0.1) is 12.7 Å². The van der Waals surface area contributed by atoms with Crippen molar-refractivity contribution >= 4 is 17.6 Å². The summed E-state index contributed by atoms with van der Waals surface area (Å²) in [5, 5.41) is -1.87.